The maximum absolute atomic E-state index is 13.0. The van der Waals surface area contributed by atoms with Gasteiger partial charge in [-0.3, -0.25) is 14.9 Å². The van der Waals surface area contributed by atoms with Crippen molar-refractivity contribution >= 4 is 38.9 Å². The number of nitro groups is 1. The monoisotopic (exact) mass is 445 g/mol. The molecule has 0 bridgehead atoms. The maximum atomic E-state index is 13.0. The fourth-order valence-corrected chi connectivity index (χ4v) is 4.24. The van der Waals surface area contributed by atoms with Gasteiger partial charge < -0.3 is 5.32 Å². The molecule has 8 nitrogen and oxygen atoms in total. The zero-order valence-corrected chi connectivity index (χ0v) is 16.9. The highest BCUT2D eigenvalue weighted by atomic mass is 35.5. The van der Waals surface area contributed by atoms with E-state index < -0.39 is 37.5 Å². The van der Waals surface area contributed by atoms with Crippen LogP contribution < -0.4 is 10.0 Å². The Bertz CT molecular complexity index is 1170. The molecule has 0 aliphatic rings. The van der Waals surface area contributed by atoms with Gasteiger partial charge in [0.15, 0.2) is 4.90 Å². The molecule has 0 spiro atoms. The molecule has 0 saturated heterocycles. The number of para-hydroxylation sites is 1. The third-order valence-corrected chi connectivity index (χ3v) is 5.82. The summed E-state index contributed by atoms with van der Waals surface area (Å²) in [5.41, 5.74) is 0.150. The Labute approximate surface area is 177 Å². The van der Waals surface area contributed by atoms with Gasteiger partial charge in [-0.1, -0.05) is 60.1 Å². The third kappa shape index (κ3) is 5.01. The number of nitrogens with zero attached hydrogens (tertiary/aromatic N) is 1. The van der Waals surface area contributed by atoms with Crippen LogP contribution in [0.25, 0.3) is 0 Å². The second kappa shape index (κ2) is 9.04. The molecule has 0 radical (unpaired) electrons. The van der Waals surface area contributed by atoms with Crippen LogP contribution in [0.15, 0.2) is 83.8 Å². The second-order valence-corrected chi connectivity index (χ2v) is 8.31. The van der Waals surface area contributed by atoms with E-state index in [0.29, 0.717) is 11.3 Å². The molecule has 154 valence electrons. The number of benzene rings is 3. The summed E-state index contributed by atoms with van der Waals surface area (Å²) in [7, 11) is -4.45. The molecule has 1 unspecified atom stereocenters. The molecule has 1 atom stereocenters. The third-order valence-electron chi connectivity index (χ3n) is 4.12. The Hall–Kier alpha value is -3.27. The molecule has 3 aromatic rings. The highest BCUT2D eigenvalue weighted by molar-refractivity contribution is 7.89. The molecule has 10 heteroatoms. The quantitative estimate of drug-likeness (QED) is 0.422. The first kappa shape index (κ1) is 21.4. The average molecular weight is 446 g/mol. The van der Waals surface area contributed by atoms with Crippen molar-refractivity contribution in [2.75, 3.05) is 5.32 Å². The number of amides is 1. The second-order valence-electron chi connectivity index (χ2n) is 6.19. The molecular formula is C20H16ClN3O5S. The normalized spacial score (nSPS) is 12.2. The molecule has 0 fully saturated rings. The predicted octanol–water partition coefficient (Wildman–Crippen LogP) is 3.91. The first-order valence-electron chi connectivity index (χ1n) is 8.65. The standard InChI is InChI=1S/C20H16ClN3O5S/c21-15-11-12-18(17(13-15)24(26)27)30(28,29)23-19(14-7-3-1-4-8-14)20(25)22-16-9-5-2-6-10-16/h1-13,19,23H,(H,22,25). The molecule has 0 heterocycles. The zero-order chi connectivity index (χ0) is 21.7. The van der Waals surface area contributed by atoms with Crippen LogP contribution in [0.2, 0.25) is 5.02 Å². The zero-order valence-electron chi connectivity index (χ0n) is 15.4. The topological polar surface area (TPSA) is 118 Å². The van der Waals surface area contributed by atoms with Crippen molar-refractivity contribution < 1.29 is 18.1 Å². The van der Waals surface area contributed by atoms with E-state index in [1.807, 2.05) is 0 Å². The Morgan fingerprint density at radius 1 is 0.967 bits per heavy atom. The van der Waals surface area contributed by atoms with Crippen LogP contribution in [0.5, 0.6) is 0 Å². The van der Waals surface area contributed by atoms with Crippen molar-refractivity contribution in [1.82, 2.24) is 4.72 Å². The van der Waals surface area contributed by atoms with E-state index >= 15 is 0 Å². The van der Waals surface area contributed by atoms with Crippen molar-refractivity contribution in [3.8, 4) is 0 Å². The van der Waals surface area contributed by atoms with Crippen molar-refractivity contribution in [2.24, 2.45) is 0 Å². The molecule has 3 aromatic carbocycles. The fraction of sp³-hybridized carbons (Fsp3) is 0.0500. The molecule has 0 aromatic heterocycles. The Balaban J connectivity index is 1.99. The molecule has 0 saturated carbocycles. The van der Waals surface area contributed by atoms with Crippen LogP contribution in [0, 0.1) is 10.1 Å². The van der Waals surface area contributed by atoms with E-state index in [4.69, 9.17) is 11.6 Å². The van der Waals surface area contributed by atoms with E-state index in [1.165, 1.54) is 6.07 Å². The summed E-state index contributed by atoms with van der Waals surface area (Å²) in [6.45, 7) is 0. The highest BCUT2D eigenvalue weighted by Crippen LogP contribution is 2.28. The Morgan fingerprint density at radius 3 is 2.17 bits per heavy atom. The van der Waals surface area contributed by atoms with Crippen molar-refractivity contribution in [3.63, 3.8) is 0 Å². The van der Waals surface area contributed by atoms with Crippen molar-refractivity contribution in [3.05, 3.63) is 99.6 Å². The number of nitrogens with one attached hydrogen (secondary N) is 2. The van der Waals surface area contributed by atoms with Gasteiger partial charge in [-0.25, -0.2) is 8.42 Å². The van der Waals surface area contributed by atoms with Gasteiger partial charge in [0.05, 0.1) is 4.92 Å². The number of hydrogen-bond donors (Lipinski definition) is 2. The summed E-state index contributed by atoms with van der Waals surface area (Å²) in [6, 6.07) is 18.5. The van der Waals surface area contributed by atoms with Gasteiger partial charge in [0.2, 0.25) is 15.9 Å². The molecular weight excluding hydrogens is 430 g/mol. The van der Waals surface area contributed by atoms with E-state index in [-0.39, 0.29) is 5.02 Å². The fourth-order valence-electron chi connectivity index (χ4n) is 2.73. The minimum absolute atomic E-state index is 0.0158. The van der Waals surface area contributed by atoms with E-state index in [0.717, 1.165) is 12.1 Å². The molecule has 2 N–H and O–H groups in total. The average Bonchev–Trinajstić information content (AvgIpc) is 2.73. The summed E-state index contributed by atoms with van der Waals surface area (Å²) >= 11 is 5.77. The van der Waals surface area contributed by atoms with Crippen LogP contribution in [0.4, 0.5) is 11.4 Å². The first-order chi connectivity index (χ1) is 14.3. The first-order valence-corrected chi connectivity index (χ1v) is 10.5. The predicted molar refractivity (Wildman–Crippen MR) is 113 cm³/mol. The van der Waals surface area contributed by atoms with E-state index in [9.17, 15) is 23.3 Å². The maximum Gasteiger partial charge on any atom is 0.290 e. The lowest BCUT2D eigenvalue weighted by Crippen LogP contribution is -2.37. The van der Waals surface area contributed by atoms with Crippen LogP contribution in [0.1, 0.15) is 11.6 Å². The number of nitro benzene ring substituents is 1. The van der Waals surface area contributed by atoms with Crippen LogP contribution in [0.3, 0.4) is 0 Å². The summed E-state index contributed by atoms with van der Waals surface area (Å²) in [5.74, 6) is -0.646. The van der Waals surface area contributed by atoms with Gasteiger partial charge in [-0.05, 0) is 29.8 Å². The summed E-state index contributed by atoms with van der Waals surface area (Å²) in [6.07, 6.45) is 0. The number of carbonyl (C=O) groups is 1. The Kier molecular flexibility index (Phi) is 6.46. The summed E-state index contributed by atoms with van der Waals surface area (Å²) < 4.78 is 28.2. The number of halogens is 1. The minimum Gasteiger partial charge on any atom is -0.324 e. The summed E-state index contributed by atoms with van der Waals surface area (Å²) in [5, 5.41) is 14.0. The lowest BCUT2D eigenvalue weighted by molar-refractivity contribution is -0.387. The number of hydrogen-bond acceptors (Lipinski definition) is 5. The summed E-state index contributed by atoms with van der Waals surface area (Å²) in [4.78, 5) is 22.8. The number of anilines is 1. The molecule has 30 heavy (non-hydrogen) atoms. The van der Waals surface area contributed by atoms with E-state index in [1.54, 1.807) is 60.7 Å². The SMILES string of the molecule is O=C(Nc1ccccc1)C(NS(=O)(=O)c1ccc(Cl)cc1[N+](=O)[O-])c1ccccc1. The highest BCUT2D eigenvalue weighted by Gasteiger charge is 2.32. The van der Waals surface area contributed by atoms with Crippen LogP contribution in [-0.2, 0) is 14.8 Å². The number of carbonyl (C=O) groups excluding carboxylic acids is 1. The van der Waals surface area contributed by atoms with Crippen molar-refractivity contribution in [2.45, 2.75) is 10.9 Å². The molecule has 0 aliphatic carbocycles. The molecule has 3 rings (SSSR count). The minimum atomic E-state index is -4.45. The molecule has 0 aliphatic heterocycles. The van der Waals surface area contributed by atoms with Gasteiger partial charge in [-0.2, -0.15) is 4.72 Å². The van der Waals surface area contributed by atoms with Gasteiger partial charge >= 0.3 is 0 Å². The van der Waals surface area contributed by atoms with E-state index in [2.05, 4.69) is 10.0 Å². The lowest BCUT2D eigenvalue weighted by Gasteiger charge is -2.19. The Morgan fingerprint density at radius 2 is 1.57 bits per heavy atom. The van der Waals surface area contributed by atoms with Crippen molar-refractivity contribution in [1.29, 1.82) is 0 Å². The van der Waals surface area contributed by atoms with Gasteiger partial charge in [0, 0.05) is 16.8 Å². The lowest BCUT2D eigenvalue weighted by atomic mass is 10.1. The largest absolute Gasteiger partial charge is 0.324 e. The smallest absolute Gasteiger partial charge is 0.290 e. The van der Waals surface area contributed by atoms with Gasteiger partial charge in [0.1, 0.15) is 6.04 Å². The van der Waals surface area contributed by atoms with Gasteiger partial charge in [0.25, 0.3) is 5.69 Å². The number of sulfonamides is 1. The van der Waals surface area contributed by atoms with Crippen LogP contribution in [-0.4, -0.2) is 19.2 Å². The van der Waals surface area contributed by atoms with Crippen LogP contribution >= 0.6 is 11.6 Å². The number of rotatable bonds is 7. The van der Waals surface area contributed by atoms with Gasteiger partial charge in [-0.15, -0.1) is 0 Å². The molecule has 1 amide bonds.